The second kappa shape index (κ2) is 6.51. The molecular weight excluding hydrogens is 318 g/mol. The van der Waals surface area contributed by atoms with Crippen LogP contribution in [0.3, 0.4) is 0 Å². The summed E-state index contributed by atoms with van der Waals surface area (Å²) in [5.74, 6) is -1.78. The van der Waals surface area contributed by atoms with Gasteiger partial charge in [0.2, 0.25) is 0 Å². The zero-order chi connectivity index (χ0) is 17.0. The average Bonchev–Trinajstić information content (AvgIpc) is 2.46. The molecule has 0 fully saturated rings. The number of nitrogen functional groups attached to an aromatic ring is 1. The van der Waals surface area contributed by atoms with Crippen LogP contribution in [0.2, 0.25) is 0 Å². The fourth-order valence-corrected chi connectivity index (χ4v) is 1.66. The first kappa shape index (κ1) is 16.5. The molecule has 0 radical (unpaired) electrons. The number of benzene rings is 1. The minimum absolute atomic E-state index is 0.101. The molecule has 0 bridgehead atoms. The van der Waals surface area contributed by atoms with Gasteiger partial charge in [0.25, 0.3) is 5.91 Å². The molecule has 0 saturated carbocycles. The van der Waals surface area contributed by atoms with Gasteiger partial charge in [-0.3, -0.25) is 4.79 Å². The second-order valence-corrected chi connectivity index (χ2v) is 4.47. The number of anilines is 2. The Labute approximate surface area is 128 Å². The highest BCUT2D eigenvalue weighted by Crippen LogP contribution is 2.28. The van der Waals surface area contributed by atoms with Gasteiger partial charge in [0.15, 0.2) is 6.61 Å². The Balaban J connectivity index is 2.20. The van der Waals surface area contributed by atoms with Crippen LogP contribution in [0.1, 0.15) is 10.4 Å². The van der Waals surface area contributed by atoms with E-state index in [9.17, 15) is 22.4 Å². The third-order valence-corrected chi connectivity index (χ3v) is 2.63. The number of hydrogen-bond acceptors (Lipinski definition) is 4. The molecule has 2 rings (SSSR count). The van der Waals surface area contributed by atoms with E-state index in [0.29, 0.717) is 0 Å². The summed E-state index contributed by atoms with van der Waals surface area (Å²) in [7, 11) is 0. The Bertz CT molecular complexity index is 719. The Morgan fingerprint density at radius 3 is 2.65 bits per heavy atom. The zero-order valence-corrected chi connectivity index (χ0v) is 11.5. The lowest BCUT2D eigenvalue weighted by Gasteiger charge is -2.14. The topological polar surface area (TPSA) is 77.2 Å². The number of alkyl halides is 3. The van der Waals surface area contributed by atoms with E-state index >= 15 is 0 Å². The lowest BCUT2D eigenvalue weighted by atomic mass is 10.2. The third-order valence-electron chi connectivity index (χ3n) is 2.63. The van der Waals surface area contributed by atoms with E-state index in [2.05, 4.69) is 15.0 Å². The molecule has 0 aliphatic heterocycles. The number of halogens is 4. The maximum Gasteiger partial charge on any atom is 0.422 e. The summed E-state index contributed by atoms with van der Waals surface area (Å²) in [4.78, 5) is 15.8. The summed E-state index contributed by atoms with van der Waals surface area (Å²) >= 11 is 0. The van der Waals surface area contributed by atoms with Crippen molar-refractivity contribution in [3.05, 3.63) is 47.9 Å². The van der Waals surface area contributed by atoms with Gasteiger partial charge in [0, 0.05) is 17.8 Å². The van der Waals surface area contributed by atoms with Crippen LogP contribution in [0, 0.1) is 5.82 Å². The number of carbonyl (C=O) groups is 1. The highest BCUT2D eigenvalue weighted by molar-refractivity contribution is 6.05. The van der Waals surface area contributed by atoms with E-state index in [-0.39, 0.29) is 17.1 Å². The first-order chi connectivity index (χ1) is 10.7. The van der Waals surface area contributed by atoms with Gasteiger partial charge in [-0.05, 0) is 24.3 Å². The van der Waals surface area contributed by atoms with Crippen molar-refractivity contribution in [1.82, 2.24) is 4.98 Å². The molecule has 9 heteroatoms. The molecule has 1 aromatic carbocycles. The van der Waals surface area contributed by atoms with Crippen molar-refractivity contribution in [3.63, 3.8) is 0 Å². The molecule has 0 unspecified atom stereocenters. The van der Waals surface area contributed by atoms with Crippen LogP contribution in [-0.4, -0.2) is 23.7 Å². The molecule has 1 amide bonds. The molecule has 1 aromatic heterocycles. The number of nitrogens with zero attached hydrogens (tertiary/aromatic N) is 1. The number of aromatic nitrogens is 1. The smallest absolute Gasteiger partial charge is 0.422 e. The number of nitrogens with one attached hydrogen (secondary N) is 1. The molecule has 0 atom stereocenters. The van der Waals surface area contributed by atoms with E-state index in [4.69, 9.17) is 5.73 Å². The molecule has 0 spiro atoms. The van der Waals surface area contributed by atoms with Crippen LogP contribution in [-0.2, 0) is 0 Å². The monoisotopic (exact) mass is 329 g/mol. The van der Waals surface area contributed by atoms with Crippen molar-refractivity contribution in [3.8, 4) is 5.75 Å². The third kappa shape index (κ3) is 4.83. The van der Waals surface area contributed by atoms with Crippen molar-refractivity contribution in [2.75, 3.05) is 17.7 Å². The summed E-state index contributed by atoms with van der Waals surface area (Å²) < 4.78 is 54.4. The minimum atomic E-state index is -4.59. The number of hydrogen-bond donors (Lipinski definition) is 2. The standard InChI is InChI=1S/C14H11F4N3O2/c15-9-1-2-10(11(6-9)23-7-14(16,17)18)21-13(22)8-3-4-20-12(19)5-8/h1-6H,7H2,(H2,19,20)(H,21,22). The predicted molar refractivity (Wildman–Crippen MR) is 74.6 cm³/mol. The number of pyridine rings is 1. The Morgan fingerprint density at radius 1 is 1.26 bits per heavy atom. The fourth-order valence-electron chi connectivity index (χ4n) is 1.66. The van der Waals surface area contributed by atoms with Crippen molar-refractivity contribution in [1.29, 1.82) is 0 Å². The summed E-state index contributed by atoms with van der Waals surface area (Å²) in [6.07, 6.45) is -3.29. The van der Waals surface area contributed by atoms with Crippen LogP contribution >= 0.6 is 0 Å². The molecule has 122 valence electrons. The maximum absolute atomic E-state index is 13.2. The molecule has 0 aliphatic rings. The number of carbonyl (C=O) groups excluding carboxylic acids is 1. The lowest BCUT2D eigenvalue weighted by Crippen LogP contribution is -2.20. The number of ether oxygens (including phenoxy) is 1. The van der Waals surface area contributed by atoms with Crippen molar-refractivity contribution >= 4 is 17.4 Å². The molecule has 23 heavy (non-hydrogen) atoms. The van der Waals surface area contributed by atoms with Crippen molar-refractivity contribution < 1.29 is 27.1 Å². The predicted octanol–water partition coefficient (Wildman–Crippen LogP) is 3.00. The van der Waals surface area contributed by atoms with Crippen LogP contribution in [0.25, 0.3) is 0 Å². The summed E-state index contributed by atoms with van der Waals surface area (Å²) in [6, 6.07) is 5.49. The average molecular weight is 329 g/mol. The van der Waals surface area contributed by atoms with Crippen LogP contribution in [0.4, 0.5) is 29.1 Å². The summed E-state index contributed by atoms with van der Waals surface area (Å²) in [5.41, 5.74) is 5.49. The molecule has 3 N–H and O–H groups in total. The van der Waals surface area contributed by atoms with Crippen molar-refractivity contribution in [2.45, 2.75) is 6.18 Å². The lowest BCUT2D eigenvalue weighted by molar-refractivity contribution is -0.153. The van der Waals surface area contributed by atoms with Gasteiger partial charge in [-0.1, -0.05) is 0 Å². The van der Waals surface area contributed by atoms with Crippen molar-refractivity contribution in [2.24, 2.45) is 0 Å². The normalized spacial score (nSPS) is 11.1. The van der Waals surface area contributed by atoms with Gasteiger partial charge in [0.05, 0.1) is 5.69 Å². The van der Waals surface area contributed by atoms with E-state index < -0.39 is 30.3 Å². The molecule has 5 nitrogen and oxygen atoms in total. The SMILES string of the molecule is Nc1cc(C(=O)Nc2ccc(F)cc2OCC(F)(F)F)ccn1. The summed E-state index contributed by atoms with van der Waals surface area (Å²) in [5, 5.41) is 2.34. The maximum atomic E-state index is 13.2. The number of rotatable bonds is 4. The highest BCUT2D eigenvalue weighted by Gasteiger charge is 2.29. The molecule has 0 aliphatic carbocycles. The van der Waals surface area contributed by atoms with E-state index in [1.807, 2.05) is 0 Å². The van der Waals surface area contributed by atoms with Gasteiger partial charge in [-0.25, -0.2) is 9.37 Å². The second-order valence-electron chi connectivity index (χ2n) is 4.47. The van der Waals surface area contributed by atoms with E-state index in [1.54, 1.807) is 0 Å². The Kier molecular flexibility index (Phi) is 4.68. The van der Waals surface area contributed by atoms with Crippen LogP contribution in [0.15, 0.2) is 36.5 Å². The van der Waals surface area contributed by atoms with Gasteiger partial charge in [-0.2, -0.15) is 13.2 Å². The van der Waals surface area contributed by atoms with Gasteiger partial charge in [0.1, 0.15) is 17.4 Å². The number of amides is 1. The van der Waals surface area contributed by atoms with Gasteiger partial charge in [-0.15, -0.1) is 0 Å². The van der Waals surface area contributed by atoms with E-state index in [0.717, 1.165) is 18.2 Å². The molecule has 1 heterocycles. The quantitative estimate of drug-likeness (QED) is 0.846. The van der Waals surface area contributed by atoms with Crippen LogP contribution in [0.5, 0.6) is 5.75 Å². The van der Waals surface area contributed by atoms with E-state index in [1.165, 1.54) is 18.3 Å². The summed E-state index contributed by atoms with van der Waals surface area (Å²) in [6.45, 7) is -1.61. The molecule has 2 aromatic rings. The zero-order valence-electron chi connectivity index (χ0n) is 11.5. The Hall–Kier alpha value is -2.84. The fraction of sp³-hybridized carbons (Fsp3) is 0.143. The molecular formula is C14H11F4N3O2. The van der Waals surface area contributed by atoms with Gasteiger partial charge < -0.3 is 15.8 Å². The first-order valence-corrected chi connectivity index (χ1v) is 6.26. The first-order valence-electron chi connectivity index (χ1n) is 6.26. The van der Waals surface area contributed by atoms with Gasteiger partial charge >= 0.3 is 6.18 Å². The Morgan fingerprint density at radius 2 is 2.00 bits per heavy atom. The van der Waals surface area contributed by atoms with Crippen LogP contribution < -0.4 is 15.8 Å². The minimum Gasteiger partial charge on any atom is -0.482 e. The molecule has 0 saturated heterocycles. The number of nitrogens with two attached hydrogens (primary N) is 1. The highest BCUT2D eigenvalue weighted by atomic mass is 19.4. The largest absolute Gasteiger partial charge is 0.482 e.